The first kappa shape index (κ1) is 17.4. The molecule has 1 aromatic heterocycles. The number of amides is 1. The van der Waals surface area contributed by atoms with E-state index in [1.54, 1.807) is 13.8 Å². The van der Waals surface area contributed by atoms with Crippen LogP contribution in [0, 0.1) is 13.8 Å². The van der Waals surface area contributed by atoms with Gasteiger partial charge in [-0.15, -0.1) is 0 Å². The minimum absolute atomic E-state index is 0.180. The lowest BCUT2D eigenvalue weighted by Gasteiger charge is -2.27. The van der Waals surface area contributed by atoms with E-state index < -0.39 is 5.63 Å². The van der Waals surface area contributed by atoms with Crippen molar-refractivity contribution in [1.82, 2.24) is 5.32 Å². The Morgan fingerprint density at radius 3 is 2.29 bits per heavy atom. The molecule has 5 heteroatoms. The SMILES string of the molecule is Cc1cc(=O)oc(C)c1C(=O)NCC[NH+](C(C)C)C(C)C. The highest BCUT2D eigenvalue weighted by molar-refractivity contribution is 5.96. The summed E-state index contributed by atoms with van der Waals surface area (Å²) in [6.07, 6.45) is 0. The highest BCUT2D eigenvalue weighted by Crippen LogP contribution is 2.10. The van der Waals surface area contributed by atoms with Crippen LogP contribution >= 0.6 is 0 Å². The average Bonchev–Trinajstić information content (AvgIpc) is 2.32. The van der Waals surface area contributed by atoms with Crippen molar-refractivity contribution in [2.45, 2.75) is 53.6 Å². The summed E-state index contributed by atoms with van der Waals surface area (Å²) in [5.41, 5.74) is 0.695. The normalized spacial score (nSPS) is 11.5. The molecule has 1 rings (SSSR count). The van der Waals surface area contributed by atoms with Gasteiger partial charge in [-0.05, 0) is 47.1 Å². The molecule has 1 aromatic rings. The number of hydrogen-bond acceptors (Lipinski definition) is 3. The van der Waals surface area contributed by atoms with E-state index >= 15 is 0 Å². The van der Waals surface area contributed by atoms with Crippen LogP contribution in [0.2, 0.25) is 0 Å². The molecule has 1 heterocycles. The van der Waals surface area contributed by atoms with Crippen LogP contribution in [0.5, 0.6) is 0 Å². The van der Waals surface area contributed by atoms with Crippen LogP contribution in [0.15, 0.2) is 15.3 Å². The molecule has 0 radical (unpaired) electrons. The van der Waals surface area contributed by atoms with Crippen LogP contribution in [0.3, 0.4) is 0 Å². The lowest BCUT2D eigenvalue weighted by atomic mass is 10.1. The quantitative estimate of drug-likeness (QED) is 0.811. The molecule has 1 amide bonds. The Bertz CT molecular complexity index is 513. The van der Waals surface area contributed by atoms with Gasteiger partial charge in [0, 0.05) is 6.07 Å². The summed E-state index contributed by atoms with van der Waals surface area (Å²) >= 11 is 0. The van der Waals surface area contributed by atoms with Crippen molar-refractivity contribution in [3.05, 3.63) is 33.4 Å². The van der Waals surface area contributed by atoms with Gasteiger partial charge in [-0.1, -0.05) is 0 Å². The summed E-state index contributed by atoms with van der Waals surface area (Å²) in [6.45, 7) is 13.6. The zero-order valence-electron chi connectivity index (χ0n) is 13.9. The van der Waals surface area contributed by atoms with Crippen molar-refractivity contribution in [3.63, 3.8) is 0 Å². The largest absolute Gasteiger partial charge is 0.427 e. The second-order valence-corrected chi connectivity index (χ2v) is 6.07. The highest BCUT2D eigenvalue weighted by Gasteiger charge is 2.18. The van der Waals surface area contributed by atoms with Crippen LogP contribution in [0.1, 0.15) is 49.4 Å². The second-order valence-electron chi connectivity index (χ2n) is 6.07. The lowest BCUT2D eigenvalue weighted by molar-refractivity contribution is -0.941. The van der Waals surface area contributed by atoms with E-state index in [2.05, 4.69) is 33.0 Å². The monoisotopic (exact) mass is 295 g/mol. The van der Waals surface area contributed by atoms with Gasteiger partial charge in [0.2, 0.25) is 0 Å². The summed E-state index contributed by atoms with van der Waals surface area (Å²) in [5.74, 6) is 0.190. The Hall–Kier alpha value is -1.62. The number of nitrogens with one attached hydrogen (secondary N) is 2. The molecule has 0 unspecified atom stereocenters. The van der Waals surface area contributed by atoms with Crippen LogP contribution in [0.25, 0.3) is 0 Å². The maximum absolute atomic E-state index is 12.2. The number of aryl methyl sites for hydroxylation is 2. The van der Waals surface area contributed by atoms with Gasteiger partial charge in [0.05, 0.1) is 30.7 Å². The molecule has 0 aliphatic rings. The van der Waals surface area contributed by atoms with Gasteiger partial charge in [0.15, 0.2) is 0 Å². The third-order valence-corrected chi connectivity index (χ3v) is 3.74. The molecule has 0 spiro atoms. The minimum atomic E-state index is -0.420. The number of carbonyl (C=O) groups is 1. The molecule has 21 heavy (non-hydrogen) atoms. The Labute approximate surface area is 126 Å². The molecule has 0 bridgehead atoms. The third-order valence-electron chi connectivity index (χ3n) is 3.74. The Kier molecular flexibility index (Phi) is 6.15. The Morgan fingerprint density at radius 2 is 1.81 bits per heavy atom. The number of quaternary nitrogens is 1. The van der Waals surface area contributed by atoms with Crippen LogP contribution in [-0.2, 0) is 0 Å². The van der Waals surface area contributed by atoms with E-state index in [9.17, 15) is 9.59 Å². The van der Waals surface area contributed by atoms with Crippen LogP contribution in [0.4, 0.5) is 0 Å². The molecule has 0 aromatic carbocycles. The van der Waals surface area contributed by atoms with E-state index in [1.807, 2.05) is 0 Å². The predicted octanol–water partition coefficient (Wildman–Crippen LogP) is 0.688. The van der Waals surface area contributed by atoms with Crippen LogP contribution in [-0.4, -0.2) is 31.1 Å². The summed E-state index contributed by atoms with van der Waals surface area (Å²) in [7, 11) is 0. The summed E-state index contributed by atoms with van der Waals surface area (Å²) in [6, 6.07) is 2.38. The zero-order valence-corrected chi connectivity index (χ0v) is 13.9. The maximum Gasteiger partial charge on any atom is 0.336 e. The smallest absolute Gasteiger partial charge is 0.336 e. The van der Waals surface area contributed by atoms with Crippen molar-refractivity contribution in [3.8, 4) is 0 Å². The van der Waals surface area contributed by atoms with E-state index in [0.29, 0.717) is 35.5 Å². The van der Waals surface area contributed by atoms with E-state index in [4.69, 9.17) is 4.42 Å². The topological polar surface area (TPSA) is 63.8 Å². The molecule has 2 N–H and O–H groups in total. The van der Waals surface area contributed by atoms with Gasteiger partial charge in [-0.25, -0.2) is 4.79 Å². The Morgan fingerprint density at radius 1 is 1.24 bits per heavy atom. The van der Waals surface area contributed by atoms with E-state index in [-0.39, 0.29) is 5.91 Å². The third kappa shape index (κ3) is 4.70. The molecule has 0 fully saturated rings. The molecular weight excluding hydrogens is 268 g/mol. The Balaban J connectivity index is 2.69. The number of hydrogen-bond donors (Lipinski definition) is 2. The van der Waals surface area contributed by atoms with Gasteiger partial charge in [-0.3, -0.25) is 4.79 Å². The second kappa shape index (κ2) is 7.41. The lowest BCUT2D eigenvalue weighted by Crippen LogP contribution is -3.18. The first-order valence-electron chi connectivity index (χ1n) is 7.49. The molecule has 0 atom stereocenters. The summed E-state index contributed by atoms with van der Waals surface area (Å²) in [4.78, 5) is 24.9. The number of rotatable bonds is 6. The molecule has 0 aliphatic heterocycles. The van der Waals surface area contributed by atoms with Gasteiger partial charge < -0.3 is 14.6 Å². The fraction of sp³-hybridized carbons (Fsp3) is 0.625. The molecule has 0 saturated carbocycles. The van der Waals surface area contributed by atoms with Crippen molar-refractivity contribution in [2.24, 2.45) is 0 Å². The van der Waals surface area contributed by atoms with E-state index in [1.165, 1.54) is 11.0 Å². The first-order valence-corrected chi connectivity index (χ1v) is 7.49. The molecule has 0 saturated heterocycles. The first-order chi connectivity index (χ1) is 9.73. The predicted molar refractivity (Wildman–Crippen MR) is 82.9 cm³/mol. The number of carbonyl (C=O) groups excluding carboxylic acids is 1. The van der Waals surface area contributed by atoms with Crippen molar-refractivity contribution < 1.29 is 14.1 Å². The van der Waals surface area contributed by atoms with E-state index in [0.717, 1.165) is 6.54 Å². The summed E-state index contributed by atoms with van der Waals surface area (Å²) in [5, 5.41) is 2.92. The molecular formula is C16H27N2O3+. The minimum Gasteiger partial charge on any atom is -0.427 e. The standard InChI is InChI=1S/C16H26N2O3/c1-10(2)18(11(3)4)8-7-17-16(20)15-12(5)9-14(19)21-13(15)6/h9-11H,7-8H2,1-6H3,(H,17,20)/p+1. The van der Waals surface area contributed by atoms with Gasteiger partial charge in [-0.2, -0.15) is 0 Å². The van der Waals surface area contributed by atoms with Crippen molar-refractivity contribution in [2.75, 3.05) is 13.1 Å². The van der Waals surface area contributed by atoms with Gasteiger partial charge in [0.1, 0.15) is 5.76 Å². The molecule has 5 nitrogen and oxygen atoms in total. The zero-order chi connectivity index (χ0) is 16.2. The fourth-order valence-corrected chi connectivity index (χ4v) is 2.75. The highest BCUT2D eigenvalue weighted by atomic mass is 16.4. The van der Waals surface area contributed by atoms with Crippen molar-refractivity contribution in [1.29, 1.82) is 0 Å². The van der Waals surface area contributed by atoms with Gasteiger partial charge >= 0.3 is 5.63 Å². The maximum atomic E-state index is 12.2. The van der Waals surface area contributed by atoms with Gasteiger partial charge in [0.25, 0.3) is 5.91 Å². The average molecular weight is 295 g/mol. The molecule has 118 valence electrons. The van der Waals surface area contributed by atoms with Crippen LogP contribution < -0.4 is 15.8 Å². The molecule has 0 aliphatic carbocycles. The fourth-order valence-electron chi connectivity index (χ4n) is 2.75. The summed E-state index contributed by atoms with van der Waals surface area (Å²) < 4.78 is 4.99. The van der Waals surface area contributed by atoms with Crippen molar-refractivity contribution >= 4 is 5.91 Å².